The summed E-state index contributed by atoms with van der Waals surface area (Å²) in [4.78, 5) is 0. The third-order valence-corrected chi connectivity index (χ3v) is 5.19. The standard InChI is InChI=1S/C11H25N3O3S/c1-10(9-15)13-5-2-8-18(16,17)14-6-3-11(12)4-7-14/h10-11,13,15H,2-9,12H2,1H3/t10-/m1/s1. The fraction of sp³-hybridized carbons (Fsp3) is 1.00. The van der Waals surface area contributed by atoms with Crippen LogP contribution in [0, 0.1) is 0 Å². The van der Waals surface area contributed by atoms with E-state index in [1.807, 2.05) is 6.92 Å². The van der Waals surface area contributed by atoms with Gasteiger partial charge in [0.2, 0.25) is 10.0 Å². The van der Waals surface area contributed by atoms with Crippen LogP contribution in [0.3, 0.4) is 0 Å². The number of aliphatic hydroxyl groups is 1. The highest BCUT2D eigenvalue weighted by Crippen LogP contribution is 2.13. The first-order valence-electron chi connectivity index (χ1n) is 6.53. The normalized spacial score (nSPS) is 21.1. The topological polar surface area (TPSA) is 95.7 Å². The molecule has 4 N–H and O–H groups in total. The Labute approximate surface area is 110 Å². The molecule has 0 spiro atoms. The minimum atomic E-state index is -3.14. The molecule has 0 saturated carbocycles. The van der Waals surface area contributed by atoms with Gasteiger partial charge >= 0.3 is 0 Å². The molecule has 0 aromatic heterocycles. The molecule has 1 saturated heterocycles. The van der Waals surface area contributed by atoms with E-state index in [1.54, 1.807) is 4.31 Å². The molecule has 1 heterocycles. The Kier molecular flexibility index (Phi) is 6.51. The highest BCUT2D eigenvalue weighted by molar-refractivity contribution is 7.89. The van der Waals surface area contributed by atoms with Crippen molar-refractivity contribution in [2.45, 2.75) is 38.3 Å². The number of rotatable bonds is 7. The minimum Gasteiger partial charge on any atom is -0.395 e. The van der Waals surface area contributed by atoms with Crippen molar-refractivity contribution in [1.82, 2.24) is 9.62 Å². The maximum atomic E-state index is 12.0. The summed E-state index contributed by atoms with van der Waals surface area (Å²) < 4.78 is 25.6. The Morgan fingerprint density at radius 1 is 1.44 bits per heavy atom. The van der Waals surface area contributed by atoms with Gasteiger partial charge in [0.1, 0.15) is 0 Å². The predicted molar refractivity (Wildman–Crippen MR) is 71.7 cm³/mol. The molecule has 0 aromatic rings. The van der Waals surface area contributed by atoms with Gasteiger partial charge in [0.15, 0.2) is 0 Å². The Morgan fingerprint density at radius 2 is 2.06 bits per heavy atom. The molecule has 1 aliphatic heterocycles. The Bertz CT molecular complexity index is 326. The maximum Gasteiger partial charge on any atom is 0.214 e. The summed E-state index contributed by atoms with van der Waals surface area (Å²) in [5.41, 5.74) is 5.76. The summed E-state index contributed by atoms with van der Waals surface area (Å²) in [6.07, 6.45) is 2.06. The molecule has 1 atom stereocenters. The molecule has 6 nitrogen and oxygen atoms in total. The molecule has 0 bridgehead atoms. The van der Waals surface area contributed by atoms with E-state index in [0.717, 1.165) is 12.8 Å². The number of nitrogens with two attached hydrogens (primary N) is 1. The van der Waals surface area contributed by atoms with Crippen molar-refractivity contribution < 1.29 is 13.5 Å². The first-order valence-corrected chi connectivity index (χ1v) is 8.14. The van der Waals surface area contributed by atoms with Crippen molar-refractivity contribution >= 4 is 10.0 Å². The van der Waals surface area contributed by atoms with Gasteiger partial charge in [-0.3, -0.25) is 0 Å². The molecule has 1 aliphatic rings. The third kappa shape index (κ3) is 5.19. The Balaban J connectivity index is 2.27. The fourth-order valence-corrected chi connectivity index (χ4v) is 3.49. The van der Waals surface area contributed by atoms with Crippen LogP contribution in [0.15, 0.2) is 0 Å². The van der Waals surface area contributed by atoms with E-state index in [2.05, 4.69) is 5.32 Å². The average Bonchev–Trinajstić information content (AvgIpc) is 2.35. The third-order valence-electron chi connectivity index (χ3n) is 3.24. The van der Waals surface area contributed by atoms with Crippen LogP contribution in [0.5, 0.6) is 0 Å². The van der Waals surface area contributed by atoms with Crippen LogP contribution >= 0.6 is 0 Å². The molecule has 0 aromatic carbocycles. The van der Waals surface area contributed by atoms with Gasteiger partial charge in [0.05, 0.1) is 12.4 Å². The lowest BCUT2D eigenvalue weighted by atomic mass is 10.1. The van der Waals surface area contributed by atoms with Crippen LogP contribution in [0.25, 0.3) is 0 Å². The zero-order chi connectivity index (χ0) is 13.6. The van der Waals surface area contributed by atoms with Crippen molar-refractivity contribution in [3.8, 4) is 0 Å². The van der Waals surface area contributed by atoms with Crippen molar-refractivity contribution in [2.75, 3.05) is 32.0 Å². The smallest absolute Gasteiger partial charge is 0.214 e. The Morgan fingerprint density at radius 3 is 2.61 bits per heavy atom. The summed E-state index contributed by atoms with van der Waals surface area (Å²) in [7, 11) is -3.14. The number of piperidine rings is 1. The quantitative estimate of drug-likeness (QED) is 0.525. The van der Waals surface area contributed by atoms with Crippen molar-refractivity contribution in [3.63, 3.8) is 0 Å². The van der Waals surface area contributed by atoms with Crippen LogP contribution in [0.1, 0.15) is 26.2 Å². The van der Waals surface area contributed by atoms with E-state index >= 15 is 0 Å². The van der Waals surface area contributed by atoms with E-state index in [1.165, 1.54) is 0 Å². The van der Waals surface area contributed by atoms with Gasteiger partial charge in [-0.05, 0) is 32.7 Å². The molecule has 18 heavy (non-hydrogen) atoms. The Hall–Kier alpha value is -0.210. The minimum absolute atomic E-state index is 0.0145. The average molecular weight is 279 g/mol. The van der Waals surface area contributed by atoms with Crippen LogP contribution < -0.4 is 11.1 Å². The van der Waals surface area contributed by atoms with Gasteiger partial charge in [0.25, 0.3) is 0 Å². The maximum absolute atomic E-state index is 12.0. The summed E-state index contributed by atoms with van der Waals surface area (Å²) in [5, 5.41) is 11.9. The van der Waals surface area contributed by atoms with Gasteiger partial charge in [-0.15, -0.1) is 0 Å². The molecule has 1 rings (SSSR count). The zero-order valence-corrected chi connectivity index (χ0v) is 11.8. The second-order valence-corrected chi connectivity index (χ2v) is 7.03. The number of hydrogen-bond acceptors (Lipinski definition) is 5. The van der Waals surface area contributed by atoms with Crippen LogP contribution in [-0.2, 0) is 10.0 Å². The molecule has 0 aliphatic carbocycles. The molecule has 7 heteroatoms. The number of aliphatic hydroxyl groups excluding tert-OH is 1. The van der Waals surface area contributed by atoms with Crippen molar-refractivity contribution in [2.24, 2.45) is 5.73 Å². The summed E-state index contributed by atoms with van der Waals surface area (Å²) in [6.45, 7) is 3.62. The second-order valence-electron chi connectivity index (χ2n) is 4.94. The lowest BCUT2D eigenvalue weighted by Gasteiger charge is -2.29. The number of nitrogens with zero attached hydrogens (tertiary/aromatic N) is 1. The van der Waals surface area contributed by atoms with Crippen molar-refractivity contribution in [3.05, 3.63) is 0 Å². The molecule has 1 fully saturated rings. The van der Waals surface area contributed by atoms with Crippen LogP contribution in [0.2, 0.25) is 0 Å². The predicted octanol–water partition coefficient (Wildman–Crippen LogP) is -0.900. The van der Waals surface area contributed by atoms with E-state index in [9.17, 15) is 8.42 Å². The van der Waals surface area contributed by atoms with Crippen molar-refractivity contribution in [1.29, 1.82) is 0 Å². The highest BCUT2D eigenvalue weighted by atomic mass is 32.2. The van der Waals surface area contributed by atoms with E-state index in [-0.39, 0.29) is 24.4 Å². The monoisotopic (exact) mass is 279 g/mol. The summed E-state index contributed by atoms with van der Waals surface area (Å²) >= 11 is 0. The number of hydrogen-bond donors (Lipinski definition) is 3. The lowest BCUT2D eigenvalue weighted by Crippen LogP contribution is -2.44. The molecule has 0 radical (unpaired) electrons. The molecule has 0 unspecified atom stereocenters. The van der Waals surface area contributed by atoms with E-state index in [4.69, 9.17) is 10.8 Å². The molecule has 108 valence electrons. The SMILES string of the molecule is C[C@H](CO)NCCCS(=O)(=O)N1CCC(N)CC1. The largest absolute Gasteiger partial charge is 0.395 e. The summed E-state index contributed by atoms with van der Waals surface area (Å²) in [6, 6.07) is 0.157. The van der Waals surface area contributed by atoms with Crippen LogP contribution in [-0.4, -0.2) is 61.9 Å². The van der Waals surface area contributed by atoms with Gasteiger partial charge in [-0.2, -0.15) is 0 Å². The summed E-state index contributed by atoms with van der Waals surface area (Å²) in [5.74, 6) is 0.160. The van der Waals surface area contributed by atoms with E-state index < -0.39 is 10.0 Å². The van der Waals surface area contributed by atoms with E-state index in [0.29, 0.717) is 26.1 Å². The van der Waals surface area contributed by atoms with Crippen LogP contribution in [0.4, 0.5) is 0 Å². The molecular formula is C11H25N3O3S. The zero-order valence-electron chi connectivity index (χ0n) is 11.0. The van der Waals surface area contributed by atoms with Gasteiger partial charge in [-0.1, -0.05) is 0 Å². The second kappa shape index (κ2) is 7.40. The van der Waals surface area contributed by atoms with Gasteiger partial charge in [-0.25, -0.2) is 12.7 Å². The number of nitrogens with one attached hydrogen (secondary N) is 1. The van der Waals surface area contributed by atoms with Gasteiger partial charge in [0, 0.05) is 25.2 Å². The highest BCUT2D eigenvalue weighted by Gasteiger charge is 2.25. The molecule has 0 amide bonds. The fourth-order valence-electron chi connectivity index (χ4n) is 1.95. The first-order chi connectivity index (χ1) is 8.45. The first kappa shape index (κ1) is 15.8. The molecular weight excluding hydrogens is 254 g/mol. The van der Waals surface area contributed by atoms with Gasteiger partial charge < -0.3 is 16.2 Å². The lowest BCUT2D eigenvalue weighted by molar-refractivity contribution is 0.252. The number of sulfonamides is 1.